The van der Waals surface area contributed by atoms with Crippen molar-refractivity contribution in [2.45, 2.75) is 76.2 Å². The van der Waals surface area contributed by atoms with Crippen molar-refractivity contribution in [3.05, 3.63) is 52.3 Å². The Morgan fingerprint density at radius 2 is 1.63 bits per heavy atom. The number of aromatic hydroxyl groups is 1. The summed E-state index contributed by atoms with van der Waals surface area (Å²) in [7, 11) is 4.30. The first-order valence-corrected chi connectivity index (χ1v) is 16.2. The van der Waals surface area contributed by atoms with Gasteiger partial charge in [0.2, 0.25) is 23.7 Å². The standard InChI is InChI=1S/C35H46N2O12/c1-5-6-7-8-9-10-15-47-33-28(40)22-13-12-21(18-23(22)37(2)34(33)44)36-27(39)14-11-20-16-24(45-3)32(25(17-20)46-4)49-35-31(43)30(42)29(41)26(19-38)48-35/h11-14,16-18,26,29-31,35,38,40-43H,5-10,15,19H2,1-4H3,(H,36,39)/t26-,29-,30+,31+,35-/m1/s1. The van der Waals surface area contributed by atoms with E-state index >= 15 is 0 Å². The summed E-state index contributed by atoms with van der Waals surface area (Å²) in [4.78, 5) is 25.9. The Morgan fingerprint density at radius 3 is 2.29 bits per heavy atom. The number of fused-ring (bicyclic) bond motifs is 1. The SMILES string of the molecule is CCCCCCCCOc1c(O)c2ccc(NC(=O)C=Cc3cc(OC)c(O[C@H]4O[C@H](CO)[C@@H](O)[C@H](O)[C@@H]4O)c(OC)c3)cc2n(C)c1=O. The molecule has 268 valence electrons. The molecule has 5 atom stereocenters. The number of pyridine rings is 1. The fourth-order valence-electron chi connectivity index (χ4n) is 5.51. The third kappa shape index (κ3) is 8.83. The molecule has 2 aromatic carbocycles. The number of aromatic nitrogens is 1. The van der Waals surface area contributed by atoms with Gasteiger partial charge in [0.1, 0.15) is 24.4 Å². The van der Waals surface area contributed by atoms with Crippen molar-refractivity contribution in [3.63, 3.8) is 0 Å². The lowest BCUT2D eigenvalue weighted by molar-refractivity contribution is -0.277. The van der Waals surface area contributed by atoms with E-state index in [1.165, 1.54) is 49.5 Å². The van der Waals surface area contributed by atoms with Crippen LogP contribution in [0.1, 0.15) is 51.0 Å². The van der Waals surface area contributed by atoms with Crippen LogP contribution in [0.25, 0.3) is 17.0 Å². The summed E-state index contributed by atoms with van der Waals surface area (Å²) >= 11 is 0. The quantitative estimate of drug-likeness (QED) is 0.0953. The van der Waals surface area contributed by atoms with Crippen LogP contribution in [0.5, 0.6) is 28.7 Å². The van der Waals surface area contributed by atoms with Gasteiger partial charge in [-0.25, -0.2) is 0 Å². The normalized spacial score (nSPS) is 20.8. The Bertz CT molecular complexity index is 1650. The molecule has 2 heterocycles. The zero-order valence-electron chi connectivity index (χ0n) is 28.1. The molecule has 0 bridgehead atoms. The van der Waals surface area contributed by atoms with E-state index in [4.69, 9.17) is 23.7 Å². The average molecular weight is 687 g/mol. The summed E-state index contributed by atoms with van der Waals surface area (Å²) in [6, 6.07) is 7.85. The summed E-state index contributed by atoms with van der Waals surface area (Å²) in [6.45, 7) is 1.86. The van der Waals surface area contributed by atoms with E-state index in [2.05, 4.69) is 12.2 Å². The number of aliphatic hydroxyl groups excluding tert-OH is 4. The minimum Gasteiger partial charge on any atom is -0.504 e. The number of carbonyl (C=O) groups is 1. The Kier molecular flexibility index (Phi) is 13.3. The monoisotopic (exact) mass is 686 g/mol. The van der Waals surface area contributed by atoms with Crippen LogP contribution < -0.4 is 29.8 Å². The fraction of sp³-hybridized carbons (Fsp3) is 0.486. The van der Waals surface area contributed by atoms with E-state index in [1.807, 2.05) is 0 Å². The Labute approximate surface area is 284 Å². The van der Waals surface area contributed by atoms with Gasteiger partial charge in [-0.2, -0.15) is 0 Å². The van der Waals surface area contributed by atoms with E-state index in [-0.39, 0.29) is 28.7 Å². The Hall–Kier alpha value is -4.34. The van der Waals surface area contributed by atoms with Crippen molar-refractivity contribution in [3.8, 4) is 28.7 Å². The summed E-state index contributed by atoms with van der Waals surface area (Å²) in [6.07, 6.45) is 1.65. The van der Waals surface area contributed by atoms with Crippen molar-refractivity contribution in [1.82, 2.24) is 4.57 Å². The van der Waals surface area contributed by atoms with Crippen LogP contribution >= 0.6 is 0 Å². The highest BCUT2D eigenvalue weighted by atomic mass is 16.7. The topological polar surface area (TPSA) is 198 Å². The second-order valence-electron chi connectivity index (χ2n) is 11.8. The van der Waals surface area contributed by atoms with Crippen LogP contribution in [0.3, 0.4) is 0 Å². The maximum atomic E-state index is 13.0. The molecule has 0 radical (unpaired) electrons. The highest BCUT2D eigenvalue weighted by Gasteiger charge is 2.45. The first-order chi connectivity index (χ1) is 23.5. The molecule has 6 N–H and O–H groups in total. The minimum atomic E-state index is -1.65. The number of unbranched alkanes of at least 4 members (excludes halogenated alkanes) is 5. The van der Waals surface area contributed by atoms with E-state index in [1.54, 1.807) is 25.2 Å². The van der Waals surface area contributed by atoms with Gasteiger partial charge >= 0.3 is 0 Å². The minimum absolute atomic E-state index is 0.0110. The highest BCUT2D eigenvalue weighted by Crippen LogP contribution is 2.41. The number of hydrogen-bond donors (Lipinski definition) is 6. The molecule has 1 aliphatic rings. The van der Waals surface area contributed by atoms with Crippen LogP contribution in [-0.2, 0) is 16.6 Å². The molecule has 4 rings (SSSR count). The number of anilines is 1. The molecule has 0 saturated carbocycles. The molecule has 0 spiro atoms. The average Bonchev–Trinajstić information content (AvgIpc) is 3.10. The van der Waals surface area contributed by atoms with E-state index in [0.717, 1.165) is 32.1 Å². The highest BCUT2D eigenvalue weighted by molar-refractivity contribution is 6.03. The number of aryl methyl sites for hydroxylation is 1. The lowest BCUT2D eigenvalue weighted by Crippen LogP contribution is -2.60. The second kappa shape index (κ2) is 17.4. The van der Waals surface area contributed by atoms with Crippen molar-refractivity contribution in [2.75, 3.05) is 32.8 Å². The molecule has 49 heavy (non-hydrogen) atoms. The molecule has 1 aromatic heterocycles. The first-order valence-electron chi connectivity index (χ1n) is 16.2. The van der Waals surface area contributed by atoms with E-state index in [9.17, 15) is 35.1 Å². The summed E-state index contributed by atoms with van der Waals surface area (Å²) < 4.78 is 29.2. The molecule has 1 saturated heterocycles. The third-order valence-corrected chi connectivity index (χ3v) is 8.33. The van der Waals surface area contributed by atoms with Gasteiger partial charge in [-0.15, -0.1) is 0 Å². The molecular weight excluding hydrogens is 640 g/mol. The van der Waals surface area contributed by atoms with Crippen LogP contribution in [0.2, 0.25) is 0 Å². The first kappa shape index (κ1) is 37.5. The largest absolute Gasteiger partial charge is 0.504 e. The van der Waals surface area contributed by atoms with Crippen LogP contribution in [0, 0.1) is 0 Å². The molecule has 1 amide bonds. The van der Waals surface area contributed by atoms with Gasteiger partial charge in [0.25, 0.3) is 5.56 Å². The van der Waals surface area contributed by atoms with E-state index in [0.29, 0.717) is 28.8 Å². The fourth-order valence-corrected chi connectivity index (χ4v) is 5.51. The number of ether oxygens (including phenoxy) is 5. The number of nitrogens with zero attached hydrogens (tertiary/aromatic N) is 1. The molecule has 1 fully saturated rings. The van der Waals surface area contributed by atoms with Gasteiger partial charge in [-0.3, -0.25) is 9.59 Å². The zero-order valence-corrected chi connectivity index (χ0v) is 28.1. The molecule has 0 unspecified atom stereocenters. The number of nitrogens with one attached hydrogen (secondary N) is 1. The van der Waals surface area contributed by atoms with Crippen LogP contribution in [-0.4, -0.2) is 94.1 Å². The van der Waals surface area contributed by atoms with E-state index < -0.39 is 48.8 Å². The predicted octanol–water partition coefficient (Wildman–Crippen LogP) is 2.83. The second-order valence-corrected chi connectivity index (χ2v) is 11.8. The Morgan fingerprint density at radius 1 is 0.959 bits per heavy atom. The molecular formula is C35H46N2O12. The lowest BCUT2D eigenvalue weighted by atomic mass is 9.99. The van der Waals surface area contributed by atoms with Gasteiger partial charge in [0, 0.05) is 24.2 Å². The van der Waals surface area contributed by atoms with Crippen molar-refractivity contribution in [1.29, 1.82) is 0 Å². The summed E-state index contributed by atoms with van der Waals surface area (Å²) in [5.74, 6) is -0.546. The van der Waals surface area contributed by atoms with Crippen molar-refractivity contribution in [2.24, 2.45) is 7.05 Å². The van der Waals surface area contributed by atoms with Gasteiger partial charge < -0.3 is 59.1 Å². The van der Waals surface area contributed by atoms with Crippen molar-refractivity contribution < 1.29 is 54.0 Å². The molecule has 1 aliphatic heterocycles. The third-order valence-electron chi connectivity index (χ3n) is 8.33. The number of aliphatic hydroxyl groups is 4. The number of amides is 1. The smallest absolute Gasteiger partial charge is 0.297 e. The zero-order chi connectivity index (χ0) is 35.7. The summed E-state index contributed by atoms with van der Waals surface area (Å²) in [5, 5.41) is 54.1. The molecule has 14 heteroatoms. The predicted molar refractivity (Wildman–Crippen MR) is 181 cm³/mol. The molecule has 3 aromatic rings. The maximum Gasteiger partial charge on any atom is 0.297 e. The number of rotatable bonds is 16. The van der Waals surface area contributed by atoms with Gasteiger partial charge in [0.15, 0.2) is 17.2 Å². The molecule has 14 nitrogen and oxygen atoms in total. The maximum absolute atomic E-state index is 13.0. The molecule has 0 aliphatic carbocycles. The van der Waals surface area contributed by atoms with Crippen LogP contribution in [0.15, 0.2) is 41.2 Å². The Balaban J connectivity index is 1.46. The number of carbonyl (C=O) groups excluding carboxylic acids is 1. The lowest BCUT2D eigenvalue weighted by Gasteiger charge is -2.39. The number of hydrogen-bond acceptors (Lipinski definition) is 12. The van der Waals surface area contributed by atoms with Crippen molar-refractivity contribution >= 4 is 28.6 Å². The number of benzene rings is 2. The van der Waals surface area contributed by atoms with Crippen LogP contribution in [0.4, 0.5) is 5.69 Å². The van der Waals surface area contributed by atoms with Gasteiger partial charge in [-0.1, -0.05) is 39.0 Å². The number of methoxy groups -OCH3 is 2. The van der Waals surface area contributed by atoms with Gasteiger partial charge in [0.05, 0.1) is 33.0 Å². The summed E-state index contributed by atoms with van der Waals surface area (Å²) in [5.41, 5.74) is 0.780. The van der Waals surface area contributed by atoms with Gasteiger partial charge in [-0.05, 0) is 48.4 Å².